The van der Waals surface area contributed by atoms with Gasteiger partial charge < -0.3 is 0 Å². The summed E-state index contributed by atoms with van der Waals surface area (Å²) in [4.78, 5) is 4.45. The fraction of sp³-hybridized carbons (Fsp3) is 0. The normalized spacial score (nSPS) is 11.2. The van der Waals surface area contributed by atoms with Gasteiger partial charge in [-0.25, -0.2) is 0 Å². The van der Waals surface area contributed by atoms with Crippen LogP contribution in [0.25, 0.3) is 64.5 Å². The van der Waals surface area contributed by atoms with Gasteiger partial charge in [-0.15, -0.1) is 11.3 Å². The van der Waals surface area contributed by atoms with Crippen LogP contribution in [0.1, 0.15) is 5.56 Å². The summed E-state index contributed by atoms with van der Waals surface area (Å²) in [6, 6.07) is 42.7. The van der Waals surface area contributed by atoms with Crippen molar-refractivity contribution in [2.45, 2.75) is 0 Å². The molecular formula is C34H20N2S. The molecule has 0 aliphatic carbocycles. The Bertz CT molecular complexity index is 1980. The van der Waals surface area contributed by atoms with E-state index in [0.29, 0.717) is 5.56 Å². The molecule has 0 spiro atoms. The highest BCUT2D eigenvalue weighted by Gasteiger charge is 2.14. The molecule has 0 saturated heterocycles. The molecule has 0 radical (unpaired) electrons. The number of nitrogens with zero attached hydrogens (tertiary/aromatic N) is 2. The third-order valence-corrected chi connectivity index (χ3v) is 8.07. The highest BCUT2D eigenvalue weighted by atomic mass is 32.1. The number of hydrogen-bond donors (Lipinski definition) is 0. The van der Waals surface area contributed by atoms with Gasteiger partial charge in [0.05, 0.1) is 17.3 Å². The maximum Gasteiger partial charge on any atom is 0.0992 e. The molecule has 5 aromatic carbocycles. The standard InChI is InChI=1S/C34H20N2S/c35-21-22-16-17-36-31(18-22)25-12-10-24(11-13-25)30-20-33-34(28-9-5-4-8-27(28)30)29-15-14-26(19-32(29)37-33)23-6-2-1-3-7-23/h1-20H. The maximum absolute atomic E-state index is 9.24. The van der Waals surface area contributed by atoms with Gasteiger partial charge >= 0.3 is 0 Å². The predicted octanol–water partition coefficient (Wildman–Crippen LogP) is 9.48. The van der Waals surface area contributed by atoms with Crippen LogP contribution in [0.4, 0.5) is 0 Å². The van der Waals surface area contributed by atoms with Crippen molar-refractivity contribution in [3.8, 4) is 39.6 Å². The van der Waals surface area contributed by atoms with E-state index < -0.39 is 0 Å². The molecule has 7 rings (SSSR count). The van der Waals surface area contributed by atoms with E-state index in [9.17, 15) is 5.26 Å². The van der Waals surface area contributed by atoms with Crippen LogP contribution in [-0.4, -0.2) is 4.98 Å². The Labute approximate surface area is 218 Å². The van der Waals surface area contributed by atoms with Gasteiger partial charge in [0, 0.05) is 31.9 Å². The Morgan fingerprint density at radius 3 is 2.11 bits per heavy atom. The van der Waals surface area contributed by atoms with Gasteiger partial charge in [0.15, 0.2) is 0 Å². The van der Waals surface area contributed by atoms with Gasteiger partial charge in [-0.05, 0) is 57.3 Å². The number of fused-ring (bicyclic) bond motifs is 5. The lowest BCUT2D eigenvalue weighted by atomic mass is 9.94. The van der Waals surface area contributed by atoms with Gasteiger partial charge in [0.1, 0.15) is 0 Å². The number of aromatic nitrogens is 1. The minimum atomic E-state index is 0.616. The lowest BCUT2D eigenvalue weighted by molar-refractivity contribution is 1.31. The second-order valence-electron chi connectivity index (χ2n) is 9.14. The fourth-order valence-electron chi connectivity index (χ4n) is 5.17. The van der Waals surface area contributed by atoms with Crippen LogP contribution in [-0.2, 0) is 0 Å². The van der Waals surface area contributed by atoms with Crippen molar-refractivity contribution in [2.24, 2.45) is 0 Å². The summed E-state index contributed by atoms with van der Waals surface area (Å²) in [5.41, 5.74) is 7.30. The summed E-state index contributed by atoms with van der Waals surface area (Å²) >= 11 is 1.86. The van der Waals surface area contributed by atoms with Gasteiger partial charge in [0.25, 0.3) is 0 Å². The molecule has 0 N–H and O–H groups in total. The van der Waals surface area contributed by atoms with Crippen molar-refractivity contribution in [3.63, 3.8) is 0 Å². The molecule has 7 aromatic rings. The quantitative estimate of drug-likeness (QED) is 0.248. The smallest absolute Gasteiger partial charge is 0.0992 e. The van der Waals surface area contributed by atoms with Crippen LogP contribution in [0.2, 0.25) is 0 Å². The molecule has 2 heterocycles. The Balaban J connectivity index is 1.39. The molecule has 0 aliphatic heterocycles. The molecule has 0 atom stereocenters. The first-order valence-corrected chi connectivity index (χ1v) is 13.0. The van der Waals surface area contributed by atoms with Crippen molar-refractivity contribution in [1.29, 1.82) is 5.26 Å². The average molecular weight is 489 g/mol. The number of thiophene rings is 1. The molecule has 172 valence electrons. The van der Waals surface area contributed by atoms with E-state index in [2.05, 4.69) is 114 Å². The van der Waals surface area contributed by atoms with E-state index in [1.54, 1.807) is 12.3 Å². The molecule has 2 aromatic heterocycles. The van der Waals surface area contributed by atoms with E-state index in [1.165, 1.54) is 53.2 Å². The van der Waals surface area contributed by atoms with Gasteiger partial charge in [-0.2, -0.15) is 5.26 Å². The molecule has 0 fully saturated rings. The average Bonchev–Trinajstić information content (AvgIpc) is 3.35. The van der Waals surface area contributed by atoms with Gasteiger partial charge in [0.2, 0.25) is 0 Å². The summed E-state index contributed by atoms with van der Waals surface area (Å²) in [6.07, 6.45) is 1.69. The third-order valence-electron chi connectivity index (χ3n) is 6.97. The zero-order valence-electron chi connectivity index (χ0n) is 19.8. The molecule has 0 aliphatic rings. The molecule has 0 saturated carbocycles. The minimum absolute atomic E-state index is 0.616. The lowest BCUT2D eigenvalue weighted by Crippen LogP contribution is -1.86. The van der Waals surface area contributed by atoms with Crippen LogP contribution in [0.3, 0.4) is 0 Å². The number of pyridine rings is 1. The summed E-state index contributed by atoms with van der Waals surface area (Å²) < 4.78 is 2.60. The SMILES string of the molecule is N#Cc1ccnc(-c2ccc(-c3cc4sc5cc(-c6ccccc6)ccc5c4c4ccccc34)cc2)c1. The summed E-state index contributed by atoms with van der Waals surface area (Å²) in [6.45, 7) is 0. The van der Waals surface area contributed by atoms with Crippen LogP contribution >= 0.6 is 11.3 Å². The largest absolute Gasteiger partial charge is 0.256 e. The van der Waals surface area contributed by atoms with Crippen molar-refractivity contribution >= 4 is 42.3 Å². The molecular weight excluding hydrogens is 468 g/mol. The monoisotopic (exact) mass is 488 g/mol. The predicted molar refractivity (Wildman–Crippen MR) is 156 cm³/mol. The van der Waals surface area contributed by atoms with Crippen molar-refractivity contribution in [3.05, 3.63) is 127 Å². The number of benzene rings is 5. The zero-order valence-corrected chi connectivity index (χ0v) is 20.7. The van der Waals surface area contributed by atoms with Gasteiger partial charge in [-0.1, -0.05) is 91.0 Å². The van der Waals surface area contributed by atoms with Gasteiger partial charge in [-0.3, -0.25) is 4.98 Å². The van der Waals surface area contributed by atoms with Crippen LogP contribution in [0.5, 0.6) is 0 Å². The molecule has 0 amide bonds. The topological polar surface area (TPSA) is 36.7 Å². The second-order valence-corrected chi connectivity index (χ2v) is 10.2. The molecule has 37 heavy (non-hydrogen) atoms. The van der Waals surface area contributed by atoms with E-state index in [-0.39, 0.29) is 0 Å². The van der Waals surface area contributed by atoms with Crippen LogP contribution in [0.15, 0.2) is 121 Å². The first-order valence-electron chi connectivity index (χ1n) is 12.2. The Morgan fingerprint density at radius 1 is 0.568 bits per heavy atom. The van der Waals surface area contributed by atoms with E-state index in [0.717, 1.165) is 11.3 Å². The van der Waals surface area contributed by atoms with E-state index >= 15 is 0 Å². The van der Waals surface area contributed by atoms with Crippen LogP contribution < -0.4 is 0 Å². The molecule has 2 nitrogen and oxygen atoms in total. The summed E-state index contributed by atoms with van der Waals surface area (Å²) in [5, 5.41) is 14.4. The molecule has 0 bridgehead atoms. The van der Waals surface area contributed by atoms with E-state index in [4.69, 9.17) is 0 Å². The second kappa shape index (κ2) is 8.71. The number of rotatable bonds is 3. The summed E-state index contributed by atoms with van der Waals surface area (Å²) in [7, 11) is 0. The van der Waals surface area contributed by atoms with Crippen molar-refractivity contribution in [1.82, 2.24) is 4.98 Å². The third kappa shape index (κ3) is 3.67. The van der Waals surface area contributed by atoms with E-state index in [1.807, 2.05) is 17.4 Å². The summed E-state index contributed by atoms with van der Waals surface area (Å²) in [5.74, 6) is 0. The lowest BCUT2D eigenvalue weighted by Gasteiger charge is -2.10. The molecule has 0 unspecified atom stereocenters. The van der Waals surface area contributed by atoms with Crippen molar-refractivity contribution < 1.29 is 0 Å². The van der Waals surface area contributed by atoms with Crippen molar-refractivity contribution in [2.75, 3.05) is 0 Å². The van der Waals surface area contributed by atoms with Crippen LogP contribution in [0, 0.1) is 11.3 Å². The first-order chi connectivity index (χ1) is 18.3. The minimum Gasteiger partial charge on any atom is -0.256 e. The fourth-order valence-corrected chi connectivity index (χ4v) is 6.37. The molecule has 3 heteroatoms. The Kier molecular flexibility index (Phi) is 5.06. The zero-order chi connectivity index (χ0) is 24.8. The highest BCUT2D eigenvalue weighted by Crippen LogP contribution is 2.43. The number of hydrogen-bond acceptors (Lipinski definition) is 3. The Morgan fingerprint density at radius 2 is 1.30 bits per heavy atom. The Hall–Kier alpha value is -4.78. The maximum atomic E-state index is 9.24. The highest BCUT2D eigenvalue weighted by molar-refractivity contribution is 7.26. The first kappa shape index (κ1) is 21.5. The number of nitriles is 1.